The van der Waals surface area contributed by atoms with Crippen molar-refractivity contribution in [3.05, 3.63) is 58.4 Å². The van der Waals surface area contributed by atoms with Crippen molar-refractivity contribution in [3.8, 4) is 0 Å². The average Bonchev–Trinajstić information content (AvgIpc) is 2.37. The predicted octanol–water partition coefficient (Wildman–Crippen LogP) is 4.49. The molecule has 1 heterocycles. The van der Waals surface area contributed by atoms with Crippen molar-refractivity contribution >= 4 is 17.3 Å². The molecule has 0 aliphatic carbocycles. The molecule has 1 atom stereocenters. The Morgan fingerprint density at radius 1 is 1.21 bits per heavy atom. The van der Waals surface area contributed by atoms with Crippen molar-refractivity contribution in [2.24, 2.45) is 0 Å². The van der Waals surface area contributed by atoms with Gasteiger partial charge in [0, 0.05) is 6.04 Å². The van der Waals surface area contributed by atoms with Crippen LogP contribution in [0.3, 0.4) is 0 Å². The molecule has 19 heavy (non-hydrogen) atoms. The van der Waals surface area contributed by atoms with Gasteiger partial charge in [-0.05, 0) is 43.2 Å². The third-order valence-corrected chi connectivity index (χ3v) is 3.24. The lowest BCUT2D eigenvalue weighted by Crippen LogP contribution is -2.07. The highest BCUT2D eigenvalue weighted by atomic mass is 35.5. The molecule has 0 radical (unpaired) electrons. The second kappa shape index (κ2) is 5.53. The van der Waals surface area contributed by atoms with Crippen molar-refractivity contribution in [1.29, 1.82) is 0 Å². The van der Waals surface area contributed by atoms with E-state index in [1.807, 2.05) is 19.9 Å². The van der Waals surface area contributed by atoms with Gasteiger partial charge < -0.3 is 5.32 Å². The molecule has 0 bridgehead atoms. The maximum absolute atomic E-state index is 13.2. The van der Waals surface area contributed by atoms with E-state index in [9.17, 15) is 8.78 Å². The molecule has 1 N–H and O–H groups in total. The largest absolute Gasteiger partial charge is 0.377 e. The van der Waals surface area contributed by atoms with Gasteiger partial charge in [-0.1, -0.05) is 17.7 Å². The van der Waals surface area contributed by atoms with E-state index < -0.39 is 11.6 Å². The molecule has 1 aromatic heterocycles. The van der Waals surface area contributed by atoms with Crippen molar-refractivity contribution in [2.45, 2.75) is 19.9 Å². The summed E-state index contributed by atoms with van der Waals surface area (Å²) >= 11 is 5.84. The van der Waals surface area contributed by atoms with Crippen LogP contribution in [0.15, 0.2) is 30.5 Å². The van der Waals surface area contributed by atoms with E-state index in [-0.39, 0.29) is 6.04 Å². The third-order valence-electron chi connectivity index (χ3n) is 2.84. The Hall–Kier alpha value is -1.68. The Bertz CT molecular complexity index is 602. The van der Waals surface area contributed by atoms with Crippen LogP contribution in [0.4, 0.5) is 14.5 Å². The van der Waals surface area contributed by atoms with Crippen molar-refractivity contribution in [1.82, 2.24) is 4.98 Å². The van der Waals surface area contributed by atoms with Crippen LogP contribution >= 0.6 is 11.6 Å². The summed E-state index contributed by atoms with van der Waals surface area (Å²) in [5.74, 6) is -1.70. The van der Waals surface area contributed by atoms with Crippen LogP contribution in [0.1, 0.15) is 24.1 Å². The van der Waals surface area contributed by atoms with E-state index in [0.29, 0.717) is 10.7 Å². The first kappa shape index (κ1) is 13.7. The van der Waals surface area contributed by atoms with Crippen LogP contribution < -0.4 is 5.32 Å². The van der Waals surface area contributed by atoms with Gasteiger partial charge in [-0.25, -0.2) is 13.8 Å². The summed E-state index contributed by atoms with van der Waals surface area (Å²) in [7, 11) is 0. The second-order valence-electron chi connectivity index (χ2n) is 4.37. The van der Waals surface area contributed by atoms with Gasteiger partial charge in [0.05, 0.1) is 11.9 Å². The van der Waals surface area contributed by atoms with Gasteiger partial charge in [0.1, 0.15) is 5.15 Å². The minimum absolute atomic E-state index is 0.169. The van der Waals surface area contributed by atoms with E-state index >= 15 is 0 Å². The number of hydrogen-bond acceptors (Lipinski definition) is 2. The average molecular weight is 283 g/mol. The zero-order valence-corrected chi connectivity index (χ0v) is 11.3. The van der Waals surface area contributed by atoms with E-state index in [0.717, 1.165) is 17.3 Å². The third kappa shape index (κ3) is 3.20. The Morgan fingerprint density at radius 3 is 2.58 bits per heavy atom. The summed E-state index contributed by atoms with van der Waals surface area (Å²) in [6.45, 7) is 3.71. The van der Waals surface area contributed by atoms with E-state index in [2.05, 4.69) is 10.3 Å². The highest BCUT2D eigenvalue weighted by Gasteiger charge is 2.10. The van der Waals surface area contributed by atoms with Gasteiger partial charge in [-0.15, -0.1) is 0 Å². The minimum atomic E-state index is -0.850. The molecule has 0 saturated heterocycles. The van der Waals surface area contributed by atoms with Crippen LogP contribution in [0, 0.1) is 18.6 Å². The highest BCUT2D eigenvalue weighted by molar-refractivity contribution is 6.30. The molecular weight excluding hydrogens is 270 g/mol. The Morgan fingerprint density at radius 2 is 1.95 bits per heavy atom. The van der Waals surface area contributed by atoms with E-state index in [1.165, 1.54) is 6.07 Å². The van der Waals surface area contributed by atoms with Crippen molar-refractivity contribution in [3.63, 3.8) is 0 Å². The number of pyridine rings is 1. The molecule has 0 spiro atoms. The van der Waals surface area contributed by atoms with Crippen LogP contribution in [0.5, 0.6) is 0 Å². The summed E-state index contributed by atoms with van der Waals surface area (Å²) in [5, 5.41) is 3.61. The molecule has 100 valence electrons. The number of benzene rings is 1. The Balaban J connectivity index is 2.17. The molecule has 1 unspecified atom stereocenters. The quantitative estimate of drug-likeness (QED) is 0.839. The highest BCUT2D eigenvalue weighted by Crippen LogP contribution is 2.22. The first-order valence-corrected chi connectivity index (χ1v) is 6.19. The molecule has 2 rings (SSSR count). The number of anilines is 1. The summed E-state index contributed by atoms with van der Waals surface area (Å²) in [4.78, 5) is 4.03. The number of hydrogen-bond donors (Lipinski definition) is 1. The molecule has 0 amide bonds. The molecule has 5 heteroatoms. The Kier molecular flexibility index (Phi) is 4.00. The molecular formula is C14H13ClF2N2. The molecule has 0 fully saturated rings. The fourth-order valence-corrected chi connectivity index (χ4v) is 1.86. The minimum Gasteiger partial charge on any atom is -0.377 e. The Labute approximate surface area is 115 Å². The molecule has 1 aromatic carbocycles. The lowest BCUT2D eigenvalue weighted by molar-refractivity contribution is 0.506. The van der Waals surface area contributed by atoms with E-state index in [1.54, 1.807) is 12.3 Å². The monoisotopic (exact) mass is 282 g/mol. The molecule has 0 aliphatic rings. The van der Waals surface area contributed by atoms with Crippen molar-refractivity contribution in [2.75, 3.05) is 5.32 Å². The maximum atomic E-state index is 13.2. The van der Waals surface area contributed by atoms with Gasteiger partial charge in [-0.2, -0.15) is 0 Å². The van der Waals surface area contributed by atoms with Gasteiger partial charge >= 0.3 is 0 Å². The zero-order chi connectivity index (χ0) is 14.0. The summed E-state index contributed by atoms with van der Waals surface area (Å²) in [6, 6.07) is 5.53. The number of nitrogens with one attached hydrogen (secondary N) is 1. The lowest BCUT2D eigenvalue weighted by Gasteiger charge is -2.16. The van der Waals surface area contributed by atoms with Crippen molar-refractivity contribution < 1.29 is 8.78 Å². The number of nitrogens with zero attached hydrogens (tertiary/aromatic N) is 1. The normalized spacial score (nSPS) is 12.3. The van der Waals surface area contributed by atoms with Crippen LogP contribution in [-0.2, 0) is 0 Å². The summed E-state index contributed by atoms with van der Waals surface area (Å²) < 4.78 is 26.0. The summed E-state index contributed by atoms with van der Waals surface area (Å²) in [5.41, 5.74) is 2.29. The topological polar surface area (TPSA) is 24.9 Å². The molecule has 0 aliphatic heterocycles. The number of aromatic nitrogens is 1. The first-order chi connectivity index (χ1) is 8.97. The van der Waals surface area contributed by atoms with Gasteiger partial charge in [0.25, 0.3) is 0 Å². The SMILES string of the molecule is Cc1cc(NC(C)c2ccc(F)c(F)c2)cnc1Cl. The first-order valence-electron chi connectivity index (χ1n) is 5.81. The number of aryl methyl sites for hydroxylation is 1. The maximum Gasteiger partial charge on any atom is 0.159 e. The van der Waals surface area contributed by atoms with Gasteiger partial charge in [0.2, 0.25) is 0 Å². The standard InChI is InChI=1S/C14H13ClF2N2/c1-8-5-11(7-18-14(8)15)19-9(2)10-3-4-12(16)13(17)6-10/h3-7,9,19H,1-2H3. The second-order valence-corrected chi connectivity index (χ2v) is 4.73. The fourth-order valence-electron chi connectivity index (χ4n) is 1.75. The number of halogens is 3. The number of rotatable bonds is 3. The van der Waals surface area contributed by atoms with E-state index in [4.69, 9.17) is 11.6 Å². The lowest BCUT2D eigenvalue weighted by atomic mass is 10.1. The predicted molar refractivity (Wildman–Crippen MR) is 72.4 cm³/mol. The fraction of sp³-hybridized carbons (Fsp3) is 0.214. The van der Waals surface area contributed by atoms with Crippen LogP contribution in [0.25, 0.3) is 0 Å². The molecule has 2 nitrogen and oxygen atoms in total. The summed E-state index contributed by atoms with van der Waals surface area (Å²) in [6.07, 6.45) is 1.60. The van der Waals surface area contributed by atoms with Gasteiger partial charge in [0.15, 0.2) is 11.6 Å². The molecule has 0 saturated carbocycles. The van der Waals surface area contributed by atoms with Crippen LogP contribution in [-0.4, -0.2) is 4.98 Å². The smallest absolute Gasteiger partial charge is 0.159 e. The molecule has 2 aromatic rings. The van der Waals surface area contributed by atoms with Gasteiger partial charge in [-0.3, -0.25) is 0 Å². The zero-order valence-electron chi connectivity index (χ0n) is 10.5. The van der Waals surface area contributed by atoms with Crippen LogP contribution in [0.2, 0.25) is 5.15 Å².